The monoisotopic (exact) mass is 213 g/mol. The van der Waals surface area contributed by atoms with Crippen molar-refractivity contribution in [2.24, 2.45) is 5.92 Å². The number of hydrogen-bond donors (Lipinski definition) is 0. The van der Waals surface area contributed by atoms with Gasteiger partial charge < -0.3 is 4.74 Å². The zero-order valence-electron chi connectivity index (χ0n) is 8.26. The van der Waals surface area contributed by atoms with Crippen LogP contribution < -0.4 is 0 Å². The molecule has 0 spiro atoms. The van der Waals surface area contributed by atoms with E-state index in [0.29, 0.717) is 11.0 Å². The Bertz CT molecular complexity index is 310. The van der Waals surface area contributed by atoms with E-state index in [1.807, 2.05) is 6.92 Å². The number of rotatable bonds is 2. The van der Waals surface area contributed by atoms with Crippen molar-refractivity contribution in [3.63, 3.8) is 0 Å². The lowest BCUT2D eigenvalue weighted by molar-refractivity contribution is -0.177. The van der Waals surface area contributed by atoms with Crippen molar-refractivity contribution in [1.29, 1.82) is 0 Å². The summed E-state index contributed by atoms with van der Waals surface area (Å²) in [5, 5.41) is 0.482. The van der Waals surface area contributed by atoms with Crippen LogP contribution in [-0.4, -0.2) is 29.1 Å². The minimum absolute atomic E-state index is 0.0892. The van der Waals surface area contributed by atoms with Crippen LogP contribution in [0.15, 0.2) is 0 Å². The van der Waals surface area contributed by atoms with E-state index in [0.717, 1.165) is 6.42 Å². The molecule has 1 saturated heterocycles. The molecule has 15 heavy (non-hydrogen) atoms. The Morgan fingerprint density at radius 3 is 2.33 bits per heavy atom. The molecule has 1 heterocycles. The highest BCUT2D eigenvalue weighted by Crippen LogP contribution is 2.33. The molecule has 2 aliphatic rings. The van der Waals surface area contributed by atoms with Crippen LogP contribution >= 0.6 is 0 Å². The molecule has 2 amide bonds. The largest absolute Gasteiger partial charge is 0.534 e. The van der Waals surface area contributed by atoms with Crippen molar-refractivity contribution in [3.8, 4) is 0 Å². The predicted molar refractivity (Wildman–Crippen MR) is 46.2 cm³/mol. The quantitative estimate of drug-likeness (QED) is 0.496. The highest BCUT2D eigenvalue weighted by atomic mass is 16.8. The molecule has 0 unspecified atom stereocenters. The molecular formula is C9H11NO5. The standard InChI is InChI=1S/C9H11NO5/c1-5-4-6(5)14-9(13)15-10-7(11)2-3-8(10)12/h5-6H,2-4H2,1H3/t5-,6-/m1/s1. The van der Waals surface area contributed by atoms with E-state index in [-0.39, 0.29) is 18.9 Å². The van der Waals surface area contributed by atoms with E-state index in [1.165, 1.54) is 0 Å². The van der Waals surface area contributed by atoms with Crippen molar-refractivity contribution < 1.29 is 24.0 Å². The molecule has 2 rings (SSSR count). The Balaban J connectivity index is 1.82. The summed E-state index contributed by atoms with van der Waals surface area (Å²) in [7, 11) is 0. The molecule has 0 radical (unpaired) electrons. The zero-order chi connectivity index (χ0) is 11.0. The lowest BCUT2D eigenvalue weighted by Crippen LogP contribution is -2.32. The van der Waals surface area contributed by atoms with Gasteiger partial charge in [0.1, 0.15) is 6.10 Å². The second kappa shape index (κ2) is 3.52. The normalized spacial score (nSPS) is 29.3. The number of nitrogens with zero attached hydrogens (tertiary/aromatic N) is 1. The van der Waals surface area contributed by atoms with Gasteiger partial charge in [-0.3, -0.25) is 14.4 Å². The summed E-state index contributed by atoms with van der Waals surface area (Å²) in [5.74, 6) is -0.663. The van der Waals surface area contributed by atoms with Crippen LogP contribution in [0.25, 0.3) is 0 Å². The molecule has 0 N–H and O–H groups in total. The van der Waals surface area contributed by atoms with Gasteiger partial charge in [0.2, 0.25) is 0 Å². The maximum absolute atomic E-state index is 11.1. The third kappa shape index (κ3) is 2.08. The van der Waals surface area contributed by atoms with Crippen LogP contribution in [0.1, 0.15) is 26.2 Å². The number of carbonyl (C=O) groups is 3. The number of hydroxylamine groups is 2. The molecule has 0 aromatic carbocycles. The van der Waals surface area contributed by atoms with Crippen LogP contribution in [0.4, 0.5) is 4.79 Å². The fourth-order valence-corrected chi connectivity index (χ4v) is 1.33. The third-order valence-electron chi connectivity index (χ3n) is 2.45. The fourth-order valence-electron chi connectivity index (χ4n) is 1.33. The lowest BCUT2D eigenvalue weighted by atomic mass is 10.4. The van der Waals surface area contributed by atoms with E-state index in [2.05, 4.69) is 4.84 Å². The first-order valence-electron chi connectivity index (χ1n) is 4.82. The average Bonchev–Trinajstić information content (AvgIpc) is 2.77. The molecule has 2 fully saturated rings. The molecule has 1 aliphatic carbocycles. The van der Waals surface area contributed by atoms with Crippen molar-refractivity contribution in [3.05, 3.63) is 0 Å². The Morgan fingerprint density at radius 1 is 1.33 bits per heavy atom. The van der Waals surface area contributed by atoms with Crippen LogP contribution in [-0.2, 0) is 19.2 Å². The molecule has 0 bridgehead atoms. The Hall–Kier alpha value is -1.59. The van der Waals surface area contributed by atoms with Gasteiger partial charge in [0.05, 0.1) is 0 Å². The van der Waals surface area contributed by atoms with Gasteiger partial charge in [-0.1, -0.05) is 12.0 Å². The van der Waals surface area contributed by atoms with E-state index in [4.69, 9.17) is 4.74 Å². The van der Waals surface area contributed by atoms with E-state index >= 15 is 0 Å². The Kier molecular flexibility index (Phi) is 2.34. The van der Waals surface area contributed by atoms with Crippen LogP contribution in [0.2, 0.25) is 0 Å². The highest BCUT2D eigenvalue weighted by molar-refractivity contribution is 6.01. The van der Waals surface area contributed by atoms with Gasteiger partial charge in [0.15, 0.2) is 0 Å². The molecule has 1 saturated carbocycles. The summed E-state index contributed by atoms with van der Waals surface area (Å²) in [6, 6.07) is 0. The van der Waals surface area contributed by atoms with Crippen molar-refractivity contribution in [1.82, 2.24) is 5.06 Å². The SMILES string of the molecule is C[C@@H]1C[C@H]1OC(=O)ON1C(=O)CCC1=O. The summed E-state index contributed by atoms with van der Waals surface area (Å²) in [4.78, 5) is 37.7. The number of amides is 2. The van der Waals surface area contributed by atoms with Crippen LogP contribution in [0.3, 0.4) is 0 Å². The number of carbonyl (C=O) groups excluding carboxylic acids is 3. The summed E-state index contributed by atoms with van der Waals surface area (Å²) in [6.45, 7) is 1.93. The topological polar surface area (TPSA) is 72.9 Å². The summed E-state index contributed by atoms with van der Waals surface area (Å²) in [5.41, 5.74) is 0. The fraction of sp³-hybridized carbons (Fsp3) is 0.667. The molecule has 0 aromatic heterocycles. The predicted octanol–water partition coefficient (Wildman–Crippen LogP) is 0.612. The first-order valence-corrected chi connectivity index (χ1v) is 4.82. The summed E-state index contributed by atoms with van der Waals surface area (Å²) in [6.07, 6.45) is -0.132. The van der Waals surface area contributed by atoms with Crippen LogP contribution in [0.5, 0.6) is 0 Å². The van der Waals surface area contributed by atoms with E-state index in [1.54, 1.807) is 0 Å². The van der Waals surface area contributed by atoms with Gasteiger partial charge >= 0.3 is 6.16 Å². The van der Waals surface area contributed by atoms with Gasteiger partial charge in [-0.15, -0.1) is 0 Å². The first kappa shape index (κ1) is 9.95. The maximum atomic E-state index is 11.1. The van der Waals surface area contributed by atoms with Crippen molar-refractivity contribution >= 4 is 18.0 Å². The van der Waals surface area contributed by atoms with Gasteiger partial charge in [-0.2, -0.15) is 0 Å². The number of hydrogen-bond acceptors (Lipinski definition) is 5. The maximum Gasteiger partial charge on any atom is 0.534 e. The van der Waals surface area contributed by atoms with E-state index < -0.39 is 18.0 Å². The average molecular weight is 213 g/mol. The molecule has 82 valence electrons. The summed E-state index contributed by atoms with van der Waals surface area (Å²) < 4.78 is 4.82. The molecule has 6 nitrogen and oxygen atoms in total. The van der Waals surface area contributed by atoms with Gasteiger partial charge in [-0.25, -0.2) is 4.79 Å². The zero-order valence-corrected chi connectivity index (χ0v) is 8.26. The summed E-state index contributed by atoms with van der Waals surface area (Å²) >= 11 is 0. The Morgan fingerprint density at radius 2 is 1.87 bits per heavy atom. The minimum atomic E-state index is -0.979. The smallest absolute Gasteiger partial charge is 0.429 e. The number of ether oxygens (including phenoxy) is 1. The van der Waals surface area contributed by atoms with Crippen LogP contribution in [0, 0.1) is 5.92 Å². The first-order chi connectivity index (χ1) is 7.08. The second-order valence-electron chi connectivity index (χ2n) is 3.79. The van der Waals surface area contributed by atoms with Gasteiger partial charge in [0, 0.05) is 12.8 Å². The Labute approximate surface area is 86.1 Å². The molecule has 2 atom stereocenters. The van der Waals surface area contributed by atoms with Gasteiger partial charge in [-0.05, 0) is 12.3 Å². The van der Waals surface area contributed by atoms with E-state index in [9.17, 15) is 14.4 Å². The second-order valence-corrected chi connectivity index (χ2v) is 3.79. The third-order valence-corrected chi connectivity index (χ3v) is 2.45. The molecule has 6 heteroatoms. The highest BCUT2D eigenvalue weighted by Gasteiger charge is 2.39. The number of imide groups is 1. The van der Waals surface area contributed by atoms with Crippen molar-refractivity contribution in [2.45, 2.75) is 32.3 Å². The lowest BCUT2D eigenvalue weighted by Gasteiger charge is -2.11. The minimum Gasteiger partial charge on any atom is -0.429 e. The van der Waals surface area contributed by atoms with Crippen molar-refractivity contribution in [2.75, 3.05) is 0 Å². The molecular weight excluding hydrogens is 202 g/mol. The molecule has 0 aromatic rings. The van der Waals surface area contributed by atoms with Gasteiger partial charge in [0.25, 0.3) is 11.8 Å². The molecule has 1 aliphatic heterocycles.